The highest BCUT2D eigenvalue weighted by molar-refractivity contribution is 5.90. The summed E-state index contributed by atoms with van der Waals surface area (Å²) in [6.07, 6.45) is 7.98. The molecule has 1 N–H and O–H groups in total. The van der Waals surface area contributed by atoms with Crippen LogP contribution in [0.3, 0.4) is 0 Å². The Kier molecular flexibility index (Phi) is 6.09. The molecule has 1 aromatic carbocycles. The van der Waals surface area contributed by atoms with Crippen molar-refractivity contribution in [1.29, 1.82) is 0 Å². The molecule has 116 valence electrons. The van der Waals surface area contributed by atoms with Gasteiger partial charge in [0.05, 0.1) is 11.7 Å². The van der Waals surface area contributed by atoms with Crippen molar-refractivity contribution in [2.45, 2.75) is 64.9 Å². The van der Waals surface area contributed by atoms with Gasteiger partial charge in [-0.05, 0) is 56.4 Å². The lowest BCUT2D eigenvalue weighted by Gasteiger charge is -2.19. The van der Waals surface area contributed by atoms with Gasteiger partial charge in [-0.3, -0.25) is 0 Å². The minimum atomic E-state index is -0.189. The Balaban J connectivity index is 1.85. The van der Waals surface area contributed by atoms with Crippen molar-refractivity contribution in [3.05, 3.63) is 29.3 Å². The first kappa shape index (κ1) is 15.9. The summed E-state index contributed by atoms with van der Waals surface area (Å²) in [4.78, 5) is 12.2. The number of hydrogen-bond acceptors (Lipinski definition) is 3. The maximum Gasteiger partial charge on any atom is 0.338 e. The van der Waals surface area contributed by atoms with Gasteiger partial charge in [0.1, 0.15) is 0 Å². The summed E-state index contributed by atoms with van der Waals surface area (Å²) in [6.45, 7) is 5.21. The Hall–Kier alpha value is -1.51. The Labute approximate surface area is 128 Å². The van der Waals surface area contributed by atoms with E-state index in [9.17, 15) is 4.79 Å². The molecule has 1 aliphatic heterocycles. The molecule has 0 bridgehead atoms. The van der Waals surface area contributed by atoms with Gasteiger partial charge in [0.15, 0.2) is 0 Å². The van der Waals surface area contributed by atoms with Gasteiger partial charge in [-0.15, -0.1) is 0 Å². The standard InChI is InChI=1S/C18H27NO2/c1-3-4-5-6-8-14(2)21-18(20)16-10-11-17-15(13-16)9-7-12-19-17/h10-11,13-14,19H,3-9,12H2,1-2H3. The van der Waals surface area contributed by atoms with E-state index in [0.717, 1.165) is 37.9 Å². The topological polar surface area (TPSA) is 38.3 Å². The number of fused-ring (bicyclic) bond motifs is 1. The minimum Gasteiger partial charge on any atom is -0.459 e. The molecule has 0 saturated heterocycles. The van der Waals surface area contributed by atoms with E-state index in [1.807, 2.05) is 25.1 Å². The number of nitrogens with one attached hydrogen (secondary N) is 1. The maximum atomic E-state index is 12.2. The fourth-order valence-electron chi connectivity index (χ4n) is 2.77. The van der Waals surface area contributed by atoms with Crippen LogP contribution in [0.5, 0.6) is 0 Å². The van der Waals surface area contributed by atoms with Crippen LogP contribution in [0.4, 0.5) is 5.69 Å². The Morgan fingerprint density at radius 2 is 2.19 bits per heavy atom. The van der Waals surface area contributed by atoms with Crippen molar-refractivity contribution in [3.8, 4) is 0 Å². The van der Waals surface area contributed by atoms with Gasteiger partial charge in [-0.1, -0.05) is 26.2 Å². The van der Waals surface area contributed by atoms with E-state index in [2.05, 4.69) is 12.2 Å². The molecule has 1 heterocycles. The summed E-state index contributed by atoms with van der Waals surface area (Å²) in [5.74, 6) is -0.189. The highest BCUT2D eigenvalue weighted by atomic mass is 16.5. The van der Waals surface area contributed by atoms with Gasteiger partial charge in [0.25, 0.3) is 0 Å². The van der Waals surface area contributed by atoms with Gasteiger partial charge in [0, 0.05) is 12.2 Å². The second kappa shape index (κ2) is 8.06. The number of unbranched alkanes of at least 4 members (excludes halogenated alkanes) is 3. The normalized spacial score (nSPS) is 15.0. The lowest BCUT2D eigenvalue weighted by molar-refractivity contribution is 0.0319. The van der Waals surface area contributed by atoms with E-state index in [4.69, 9.17) is 4.74 Å². The lowest BCUT2D eigenvalue weighted by atomic mass is 10.0. The molecule has 21 heavy (non-hydrogen) atoms. The largest absolute Gasteiger partial charge is 0.459 e. The summed E-state index contributed by atoms with van der Waals surface area (Å²) < 4.78 is 5.55. The van der Waals surface area contributed by atoms with Crippen LogP contribution in [0.1, 0.15) is 68.3 Å². The van der Waals surface area contributed by atoms with Gasteiger partial charge >= 0.3 is 5.97 Å². The van der Waals surface area contributed by atoms with Crippen molar-refractivity contribution in [3.63, 3.8) is 0 Å². The lowest BCUT2D eigenvalue weighted by Crippen LogP contribution is -2.17. The van der Waals surface area contributed by atoms with Crippen molar-refractivity contribution in [2.24, 2.45) is 0 Å². The average molecular weight is 289 g/mol. The zero-order valence-electron chi connectivity index (χ0n) is 13.3. The summed E-state index contributed by atoms with van der Waals surface area (Å²) in [5.41, 5.74) is 3.06. The maximum absolute atomic E-state index is 12.2. The van der Waals surface area contributed by atoms with Crippen LogP contribution in [0, 0.1) is 0 Å². The van der Waals surface area contributed by atoms with E-state index < -0.39 is 0 Å². The summed E-state index contributed by atoms with van der Waals surface area (Å²) in [6, 6.07) is 5.84. The second-order valence-corrected chi connectivity index (χ2v) is 5.97. The number of hydrogen-bond donors (Lipinski definition) is 1. The molecule has 1 aliphatic rings. The minimum absolute atomic E-state index is 0.00325. The highest BCUT2D eigenvalue weighted by Gasteiger charge is 2.15. The van der Waals surface area contributed by atoms with Crippen LogP contribution in [-0.4, -0.2) is 18.6 Å². The molecular formula is C18H27NO2. The van der Waals surface area contributed by atoms with E-state index >= 15 is 0 Å². The van der Waals surface area contributed by atoms with E-state index in [0.29, 0.717) is 5.56 Å². The average Bonchev–Trinajstić information content (AvgIpc) is 2.51. The van der Waals surface area contributed by atoms with Gasteiger partial charge in [-0.2, -0.15) is 0 Å². The Morgan fingerprint density at radius 3 is 3.00 bits per heavy atom. The van der Waals surface area contributed by atoms with Gasteiger partial charge in [-0.25, -0.2) is 4.79 Å². The van der Waals surface area contributed by atoms with Crippen LogP contribution >= 0.6 is 0 Å². The first-order valence-corrected chi connectivity index (χ1v) is 8.28. The fourth-order valence-corrected chi connectivity index (χ4v) is 2.77. The summed E-state index contributed by atoms with van der Waals surface area (Å²) in [5, 5.41) is 3.36. The third kappa shape index (κ3) is 4.76. The summed E-state index contributed by atoms with van der Waals surface area (Å²) >= 11 is 0. The van der Waals surface area contributed by atoms with Crippen LogP contribution in [-0.2, 0) is 11.2 Å². The molecule has 0 aliphatic carbocycles. The highest BCUT2D eigenvalue weighted by Crippen LogP contribution is 2.23. The number of carbonyl (C=O) groups is 1. The molecule has 1 atom stereocenters. The van der Waals surface area contributed by atoms with Gasteiger partial charge < -0.3 is 10.1 Å². The van der Waals surface area contributed by atoms with Crippen LogP contribution in [0.25, 0.3) is 0 Å². The molecule has 0 amide bonds. The predicted molar refractivity (Wildman–Crippen MR) is 86.9 cm³/mol. The number of ether oxygens (including phenoxy) is 1. The molecule has 0 spiro atoms. The number of carbonyl (C=O) groups excluding carboxylic acids is 1. The van der Waals surface area contributed by atoms with Crippen molar-refractivity contribution >= 4 is 11.7 Å². The number of benzene rings is 1. The number of esters is 1. The smallest absolute Gasteiger partial charge is 0.338 e. The molecule has 0 saturated carbocycles. The third-order valence-corrected chi connectivity index (χ3v) is 4.05. The molecule has 2 rings (SSSR count). The first-order chi connectivity index (χ1) is 10.2. The molecule has 0 radical (unpaired) electrons. The number of rotatable bonds is 7. The van der Waals surface area contributed by atoms with E-state index in [-0.39, 0.29) is 12.1 Å². The van der Waals surface area contributed by atoms with E-state index in [1.54, 1.807) is 0 Å². The Morgan fingerprint density at radius 1 is 1.33 bits per heavy atom. The SMILES string of the molecule is CCCCCCC(C)OC(=O)c1ccc2c(c1)CCCN2. The molecule has 1 unspecified atom stereocenters. The molecule has 1 aromatic rings. The zero-order valence-corrected chi connectivity index (χ0v) is 13.3. The number of anilines is 1. The second-order valence-electron chi connectivity index (χ2n) is 5.97. The third-order valence-electron chi connectivity index (χ3n) is 4.05. The molecule has 0 fully saturated rings. The van der Waals surface area contributed by atoms with Crippen LogP contribution < -0.4 is 5.32 Å². The molecule has 0 aromatic heterocycles. The molecular weight excluding hydrogens is 262 g/mol. The quantitative estimate of drug-likeness (QED) is 0.590. The predicted octanol–water partition coefficient (Wildman–Crippen LogP) is 4.56. The van der Waals surface area contributed by atoms with Gasteiger partial charge in [0.2, 0.25) is 0 Å². The van der Waals surface area contributed by atoms with Crippen molar-refractivity contribution in [1.82, 2.24) is 0 Å². The van der Waals surface area contributed by atoms with Crippen molar-refractivity contribution < 1.29 is 9.53 Å². The van der Waals surface area contributed by atoms with Crippen LogP contribution in [0.15, 0.2) is 18.2 Å². The molecule has 3 nitrogen and oxygen atoms in total. The fraction of sp³-hybridized carbons (Fsp3) is 0.611. The van der Waals surface area contributed by atoms with Crippen LogP contribution in [0.2, 0.25) is 0 Å². The summed E-state index contributed by atoms with van der Waals surface area (Å²) in [7, 11) is 0. The first-order valence-electron chi connectivity index (χ1n) is 8.28. The molecule has 3 heteroatoms. The number of aryl methyl sites for hydroxylation is 1. The van der Waals surface area contributed by atoms with Crippen molar-refractivity contribution in [2.75, 3.05) is 11.9 Å². The Bertz CT molecular complexity index is 470. The zero-order chi connectivity index (χ0) is 15.1. The monoisotopic (exact) mass is 289 g/mol. The van der Waals surface area contributed by atoms with E-state index in [1.165, 1.54) is 24.8 Å².